The topological polar surface area (TPSA) is 228 Å². The van der Waals surface area contributed by atoms with Crippen LogP contribution in [-0.4, -0.2) is 140 Å². The number of ether oxygens (including phenoxy) is 4. The fourth-order valence-corrected chi connectivity index (χ4v) is 8.09. The first kappa shape index (κ1) is 69.7. The molecule has 0 radical (unpaired) electrons. The molecule has 2 rings (SSSR count). The Morgan fingerprint density at radius 1 is 0.474 bits per heavy atom. The van der Waals surface area contributed by atoms with Gasteiger partial charge in [-0.25, -0.2) is 0 Å². The quantitative estimate of drug-likeness (QED) is 0.0205. The van der Waals surface area contributed by atoms with Crippen molar-refractivity contribution in [1.29, 1.82) is 0 Å². The van der Waals surface area contributed by atoms with Gasteiger partial charge in [0.2, 0.25) is 5.91 Å². The van der Waals surface area contributed by atoms with Crippen LogP contribution < -0.4 is 5.32 Å². The minimum absolute atomic E-state index is 0.213. The van der Waals surface area contributed by atoms with Gasteiger partial charge in [0.25, 0.3) is 0 Å². The monoisotopic (exact) mass is 1090 g/mol. The van der Waals surface area contributed by atoms with Gasteiger partial charge in [0.15, 0.2) is 12.6 Å². The molecule has 438 valence electrons. The van der Waals surface area contributed by atoms with Gasteiger partial charge in [-0.1, -0.05) is 185 Å². The van der Waals surface area contributed by atoms with Crippen LogP contribution >= 0.6 is 0 Å². The number of aliphatic hydroxyl groups is 8. The summed E-state index contributed by atoms with van der Waals surface area (Å²) in [6, 6.07) is -0.946. The van der Waals surface area contributed by atoms with Gasteiger partial charge in [0.1, 0.15) is 48.8 Å². The summed E-state index contributed by atoms with van der Waals surface area (Å²) >= 11 is 0. The number of carbonyl (C=O) groups excluding carboxylic acids is 1. The van der Waals surface area contributed by atoms with E-state index in [0.717, 1.165) is 116 Å². The third-order valence-electron chi connectivity index (χ3n) is 12.7. The van der Waals surface area contributed by atoms with E-state index >= 15 is 0 Å². The second-order valence-corrected chi connectivity index (χ2v) is 19.3. The van der Waals surface area contributed by atoms with Crippen molar-refractivity contribution in [3.05, 3.63) is 158 Å². The molecule has 2 saturated heterocycles. The summed E-state index contributed by atoms with van der Waals surface area (Å²) in [5, 5.41) is 86.2. The second-order valence-electron chi connectivity index (χ2n) is 19.3. The van der Waals surface area contributed by atoms with Crippen molar-refractivity contribution in [1.82, 2.24) is 5.32 Å². The molecule has 0 saturated carbocycles. The smallest absolute Gasteiger partial charge is 0.220 e. The molecule has 2 aliphatic heterocycles. The Morgan fingerprint density at radius 2 is 0.872 bits per heavy atom. The number of aliphatic hydroxyl groups excluding tert-OH is 8. The summed E-state index contributed by atoms with van der Waals surface area (Å²) in [7, 11) is 0. The van der Waals surface area contributed by atoms with E-state index < -0.39 is 86.8 Å². The van der Waals surface area contributed by atoms with Gasteiger partial charge in [-0.3, -0.25) is 4.79 Å². The first-order valence-corrected chi connectivity index (χ1v) is 28.7. The Kier molecular flexibility index (Phi) is 42.4. The van der Waals surface area contributed by atoms with E-state index in [9.17, 15) is 45.6 Å². The Bertz CT molecular complexity index is 1910. The van der Waals surface area contributed by atoms with Gasteiger partial charge >= 0.3 is 0 Å². The van der Waals surface area contributed by atoms with Crippen molar-refractivity contribution in [3.8, 4) is 0 Å². The highest BCUT2D eigenvalue weighted by atomic mass is 16.7. The number of hydrogen-bond acceptors (Lipinski definition) is 13. The van der Waals surface area contributed by atoms with Crippen LogP contribution in [0.15, 0.2) is 158 Å². The lowest BCUT2D eigenvalue weighted by atomic mass is 9.97. The van der Waals surface area contributed by atoms with E-state index in [1.807, 2.05) is 6.08 Å². The van der Waals surface area contributed by atoms with Crippen molar-refractivity contribution in [2.45, 2.75) is 216 Å². The van der Waals surface area contributed by atoms with Gasteiger partial charge < -0.3 is 65.1 Å². The molecule has 9 N–H and O–H groups in total. The molecule has 2 heterocycles. The molecule has 78 heavy (non-hydrogen) atoms. The van der Waals surface area contributed by atoms with E-state index in [1.54, 1.807) is 6.08 Å². The average Bonchev–Trinajstić information content (AvgIpc) is 3.47. The summed E-state index contributed by atoms with van der Waals surface area (Å²) in [4.78, 5) is 13.1. The molecule has 12 atom stereocenters. The van der Waals surface area contributed by atoms with Gasteiger partial charge in [-0.15, -0.1) is 0 Å². The highest BCUT2D eigenvalue weighted by molar-refractivity contribution is 5.76. The molecular weight excluding hydrogens is 991 g/mol. The van der Waals surface area contributed by atoms with Crippen LogP contribution in [0.4, 0.5) is 0 Å². The van der Waals surface area contributed by atoms with E-state index in [0.29, 0.717) is 6.42 Å². The molecule has 0 aromatic carbocycles. The van der Waals surface area contributed by atoms with E-state index in [1.165, 1.54) is 0 Å². The summed E-state index contributed by atoms with van der Waals surface area (Å²) in [6.45, 7) is 2.47. The molecule has 1 amide bonds. The number of rotatable bonds is 42. The molecule has 2 fully saturated rings. The average molecular weight is 1090 g/mol. The molecule has 0 bridgehead atoms. The Labute approximate surface area is 467 Å². The fraction of sp³-hybridized carbons (Fsp3) is 0.578. The van der Waals surface area contributed by atoms with Crippen molar-refractivity contribution in [3.63, 3.8) is 0 Å². The Hall–Kier alpha value is -4.39. The number of allylic oxidation sites excluding steroid dienone is 25. The maximum absolute atomic E-state index is 13.1. The molecule has 0 aliphatic carbocycles. The van der Waals surface area contributed by atoms with Crippen molar-refractivity contribution >= 4 is 5.91 Å². The second kappa shape index (κ2) is 47.4. The molecule has 0 aromatic rings. The number of carbonyl (C=O) groups is 1. The van der Waals surface area contributed by atoms with Gasteiger partial charge in [0.05, 0.1) is 32.0 Å². The molecular formula is C64H99NO13. The van der Waals surface area contributed by atoms with Gasteiger partial charge in [-0.2, -0.15) is 0 Å². The van der Waals surface area contributed by atoms with Crippen molar-refractivity contribution in [2.24, 2.45) is 0 Å². The zero-order chi connectivity index (χ0) is 56.7. The first-order chi connectivity index (χ1) is 38.1. The zero-order valence-corrected chi connectivity index (χ0v) is 46.8. The van der Waals surface area contributed by atoms with Crippen LogP contribution in [0, 0.1) is 0 Å². The van der Waals surface area contributed by atoms with E-state index in [4.69, 9.17) is 18.9 Å². The Balaban J connectivity index is 1.60. The third-order valence-corrected chi connectivity index (χ3v) is 12.7. The standard InChI is InChI=1S/C64H99NO13/c1-3-5-7-9-10-11-12-13-14-15-16-17-18-19-20-21-22-23-24-25-26-27-28-29-30-31-32-33-34-35-36-37-38-39-40-41-42-44-46-48-56(69)65-52(53(68)47-45-43-8-6-4-2)51-75-63-61(74)59(72)62(55(50-67)77-63)78-64-60(73)58(71)57(70)54(49-66)76-64/h5,7,10-11,13-14,16-17,19-20,22-23,25-26,28-29,31-32,34-35,37-38,40-41,45,47,52-55,57-64,66-68,70-74H,3-4,6,8-9,12,15,18,21,24,27,30,33,36,39,42-44,46,48-51H2,1-2H3,(H,65,69)/b7-5-,11-10-,14-13-,17-16-,20-19-,23-22-,26-25-,29-28-,32-31-,35-34-,38-37-,41-40-,47-45+. The lowest BCUT2D eigenvalue weighted by molar-refractivity contribution is -0.359. The van der Waals surface area contributed by atoms with Crippen LogP contribution in [0.5, 0.6) is 0 Å². The summed E-state index contributed by atoms with van der Waals surface area (Å²) < 4.78 is 22.5. The number of nitrogens with one attached hydrogen (secondary N) is 1. The van der Waals surface area contributed by atoms with E-state index in [2.05, 4.69) is 165 Å². The van der Waals surface area contributed by atoms with E-state index in [-0.39, 0.29) is 18.9 Å². The maximum atomic E-state index is 13.1. The number of unbranched alkanes of at least 4 members (excludes halogenated alkanes) is 5. The normalized spacial score (nSPS) is 25.8. The van der Waals surface area contributed by atoms with Crippen LogP contribution in [0.2, 0.25) is 0 Å². The van der Waals surface area contributed by atoms with Crippen LogP contribution in [0.1, 0.15) is 142 Å². The predicted octanol–water partition coefficient (Wildman–Crippen LogP) is 9.55. The maximum Gasteiger partial charge on any atom is 0.220 e. The lowest BCUT2D eigenvalue weighted by Gasteiger charge is -2.46. The fourth-order valence-electron chi connectivity index (χ4n) is 8.09. The predicted molar refractivity (Wildman–Crippen MR) is 313 cm³/mol. The minimum atomic E-state index is -1.80. The summed E-state index contributed by atoms with van der Waals surface area (Å²) in [5.74, 6) is -0.298. The van der Waals surface area contributed by atoms with Crippen molar-refractivity contribution in [2.75, 3.05) is 19.8 Å². The largest absolute Gasteiger partial charge is 0.394 e. The highest BCUT2D eigenvalue weighted by Crippen LogP contribution is 2.30. The molecule has 14 heteroatoms. The highest BCUT2D eigenvalue weighted by Gasteiger charge is 2.51. The van der Waals surface area contributed by atoms with Crippen LogP contribution in [0.25, 0.3) is 0 Å². The van der Waals surface area contributed by atoms with Crippen LogP contribution in [0.3, 0.4) is 0 Å². The van der Waals surface area contributed by atoms with Gasteiger partial charge in [-0.05, 0) is 109 Å². The lowest BCUT2D eigenvalue weighted by Crippen LogP contribution is -2.65. The number of amides is 1. The van der Waals surface area contributed by atoms with Crippen LogP contribution in [-0.2, 0) is 23.7 Å². The minimum Gasteiger partial charge on any atom is -0.394 e. The Morgan fingerprint density at radius 3 is 1.31 bits per heavy atom. The first-order valence-electron chi connectivity index (χ1n) is 28.7. The zero-order valence-electron chi connectivity index (χ0n) is 46.8. The number of hydrogen-bond donors (Lipinski definition) is 9. The molecule has 0 aromatic heterocycles. The third kappa shape index (κ3) is 32.6. The molecule has 12 unspecified atom stereocenters. The van der Waals surface area contributed by atoms with Crippen molar-refractivity contribution < 1.29 is 64.6 Å². The van der Waals surface area contributed by atoms with Gasteiger partial charge in [0, 0.05) is 6.42 Å². The molecule has 0 spiro atoms. The summed E-state index contributed by atoms with van der Waals surface area (Å²) in [5.41, 5.74) is 0. The summed E-state index contributed by atoms with van der Waals surface area (Å²) in [6.07, 6.45) is 56.6. The SMILES string of the molecule is CC/C=C\C/C=C\C/C=C\C/C=C\C/C=C\C/C=C\C/C=C\C/C=C\C/C=C\C/C=C\C/C=C\C/C=C\CCCCC(=O)NC(COC1OC(CO)C(OC2OC(CO)C(O)C(O)C2O)C(O)C1O)C(O)/C=C/CCCCC. The molecule has 2 aliphatic rings. The molecule has 14 nitrogen and oxygen atoms in total.